The van der Waals surface area contributed by atoms with E-state index >= 15 is 0 Å². The van der Waals surface area contributed by atoms with E-state index in [0.717, 1.165) is 11.6 Å². The predicted octanol–water partition coefficient (Wildman–Crippen LogP) is 1.79. The fourth-order valence-electron chi connectivity index (χ4n) is 1.50. The molecule has 2 N–H and O–H groups in total. The molecular weight excluding hydrogens is 323 g/mol. The van der Waals surface area contributed by atoms with Gasteiger partial charge in [-0.25, -0.2) is 22.6 Å². The first-order valence-electron chi connectivity index (χ1n) is 5.38. The highest BCUT2D eigenvalue weighted by molar-refractivity contribution is 7.94. The van der Waals surface area contributed by atoms with Crippen molar-refractivity contribution in [2.45, 2.75) is 4.21 Å². The molecule has 2 aromatic rings. The van der Waals surface area contributed by atoms with E-state index in [0.29, 0.717) is 11.3 Å². The molecule has 10 heteroatoms. The second-order valence-corrected chi connectivity index (χ2v) is 6.48. The minimum Gasteiger partial charge on any atom is -0.494 e. The standard InChI is InChI=1S/C11H9FN2O5S2/c1-19-8-3-2-6(4-7(8)12)14-21(17,18)11-9(10(15)16)13-5-20-11/h2-5,14H,1H3,(H,15,16). The lowest BCUT2D eigenvalue weighted by Crippen LogP contribution is -2.15. The molecule has 112 valence electrons. The highest BCUT2D eigenvalue weighted by Gasteiger charge is 2.26. The van der Waals surface area contributed by atoms with Gasteiger partial charge in [0.1, 0.15) is 0 Å². The van der Waals surface area contributed by atoms with E-state index in [4.69, 9.17) is 9.84 Å². The molecule has 0 aliphatic rings. The van der Waals surface area contributed by atoms with Gasteiger partial charge in [0, 0.05) is 6.07 Å². The maximum atomic E-state index is 13.5. The Morgan fingerprint density at radius 3 is 2.76 bits per heavy atom. The van der Waals surface area contributed by atoms with E-state index in [1.807, 2.05) is 0 Å². The lowest BCUT2D eigenvalue weighted by Gasteiger charge is -2.08. The van der Waals surface area contributed by atoms with Crippen molar-refractivity contribution in [2.24, 2.45) is 0 Å². The number of carbonyl (C=O) groups is 1. The number of nitrogens with zero attached hydrogens (tertiary/aromatic N) is 1. The van der Waals surface area contributed by atoms with Gasteiger partial charge in [-0.1, -0.05) is 0 Å². The molecule has 7 nitrogen and oxygen atoms in total. The molecule has 0 saturated carbocycles. The van der Waals surface area contributed by atoms with Crippen molar-refractivity contribution < 1.29 is 27.4 Å². The van der Waals surface area contributed by atoms with Crippen LogP contribution in [0.3, 0.4) is 0 Å². The Bertz CT molecular complexity index is 788. The highest BCUT2D eigenvalue weighted by Crippen LogP contribution is 2.26. The average molecular weight is 332 g/mol. The van der Waals surface area contributed by atoms with E-state index in [2.05, 4.69) is 9.71 Å². The van der Waals surface area contributed by atoms with Gasteiger partial charge in [-0.2, -0.15) is 0 Å². The molecule has 1 aromatic carbocycles. The Balaban J connectivity index is 2.35. The Morgan fingerprint density at radius 1 is 1.48 bits per heavy atom. The highest BCUT2D eigenvalue weighted by atomic mass is 32.2. The Kier molecular flexibility index (Phi) is 4.09. The number of rotatable bonds is 5. The molecule has 0 aliphatic carbocycles. The minimum absolute atomic E-state index is 0.0398. The molecule has 0 fully saturated rings. The van der Waals surface area contributed by atoms with Crippen molar-refractivity contribution in [1.29, 1.82) is 0 Å². The maximum Gasteiger partial charge on any atom is 0.356 e. The van der Waals surface area contributed by atoms with E-state index in [1.54, 1.807) is 0 Å². The van der Waals surface area contributed by atoms with E-state index in [-0.39, 0.29) is 11.4 Å². The first kappa shape index (κ1) is 15.2. The van der Waals surface area contributed by atoms with Crippen molar-refractivity contribution in [3.63, 3.8) is 0 Å². The fourth-order valence-corrected chi connectivity index (χ4v) is 3.69. The molecule has 0 amide bonds. The summed E-state index contributed by atoms with van der Waals surface area (Å²) < 4.78 is 44.1. The monoisotopic (exact) mass is 332 g/mol. The van der Waals surface area contributed by atoms with Crippen LogP contribution in [0.15, 0.2) is 27.9 Å². The van der Waals surface area contributed by atoms with E-state index in [1.165, 1.54) is 19.2 Å². The SMILES string of the molecule is COc1ccc(NS(=O)(=O)c2scnc2C(=O)O)cc1F. The van der Waals surface area contributed by atoms with Crippen LogP contribution in [0.4, 0.5) is 10.1 Å². The van der Waals surface area contributed by atoms with Gasteiger partial charge in [0.25, 0.3) is 10.0 Å². The van der Waals surface area contributed by atoms with Crippen LogP contribution in [0, 0.1) is 5.82 Å². The molecule has 0 radical (unpaired) electrons. The average Bonchev–Trinajstić information content (AvgIpc) is 2.88. The predicted molar refractivity (Wildman–Crippen MR) is 72.8 cm³/mol. The second-order valence-electron chi connectivity index (χ2n) is 3.75. The molecule has 0 atom stereocenters. The number of thiazole rings is 1. The summed E-state index contributed by atoms with van der Waals surface area (Å²) in [6.45, 7) is 0. The first-order chi connectivity index (χ1) is 9.85. The third-order valence-electron chi connectivity index (χ3n) is 2.39. The third kappa shape index (κ3) is 3.11. The molecule has 0 unspecified atom stereocenters. The van der Waals surface area contributed by atoms with Gasteiger partial charge in [0.2, 0.25) is 0 Å². The van der Waals surface area contributed by atoms with Crippen LogP contribution in [-0.4, -0.2) is 31.6 Å². The number of hydrogen-bond acceptors (Lipinski definition) is 6. The van der Waals surface area contributed by atoms with Crippen molar-refractivity contribution in [1.82, 2.24) is 4.98 Å². The number of anilines is 1. The number of hydrogen-bond donors (Lipinski definition) is 2. The molecule has 0 spiro atoms. The summed E-state index contributed by atoms with van der Waals surface area (Å²) in [5, 5.41) is 8.87. The zero-order valence-corrected chi connectivity index (χ0v) is 12.2. The number of carboxylic acid groups (broad SMARTS) is 1. The zero-order chi connectivity index (χ0) is 15.6. The van der Waals surface area contributed by atoms with Gasteiger partial charge in [0.15, 0.2) is 21.5 Å². The summed E-state index contributed by atoms with van der Waals surface area (Å²) in [6, 6.07) is 3.47. The van der Waals surface area contributed by atoms with E-state index in [9.17, 15) is 17.6 Å². The number of methoxy groups -OCH3 is 1. The normalized spacial score (nSPS) is 11.1. The summed E-state index contributed by atoms with van der Waals surface area (Å²) in [4.78, 5) is 14.4. The number of benzene rings is 1. The summed E-state index contributed by atoms with van der Waals surface area (Å²) in [5.41, 5.74) is 0.464. The minimum atomic E-state index is -4.16. The van der Waals surface area contributed by atoms with Gasteiger partial charge in [0.05, 0.1) is 18.3 Å². The number of carboxylic acids is 1. The Morgan fingerprint density at radius 2 is 2.19 bits per heavy atom. The van der Waals surface area contributed by atoms with Gasteiger partial charge >= 0.3 is 5.97 Å². The molecule has 21 heavy (non-hydrogen) atoms. The summed E-state index contributed by atoms with van der Waals surface area (Å²) in [6.07, 6.45) is 0. The lowest BCUT2D eigenvalue weighted by atomic mass is 10.3. The van der Waals surface area contributed by atoms with Crippen molar-refractivity contribution in [3.05, 3.63) is 35.2 Å². The third-order valence-corrected chi connectivity index (χ3v) is 5.14. The number of ether oxygens (including phenoxy) is 1. The maximum absolute atomic E-state index is 13.5. The van der Waals surface area contributed by atoms with Crippen molar-refractivity contribution >= 4 is 33.0 Å². The quantitative estimate of drug-likeness (QED) is 0.865. The van der Waals surface area contributed by atoms with Crippen molar-refractivity contribution in [2.75, 3.05) is 11.8 Å². The van der Waals surface area contributed by atoms with Crippen molar-refractivity contribution in [3.8, 4) is 5.75 Å². The van der Waals surface area contributed by atoms with Crippen LogP contribution < -0.4 is 9.46 Å². The largest absolute Gasteiger partial charge is 0.494 e. The number of aromatic nitrogens is 1. The van der Waals surface area contributed by atoms with Gasteiger partial charge in [-0.05, 0) is 12.1 Å². The summed E-state index contributed by atoms with van der Waals surface area (Å²) >= 11 is 0.655. The molecule has 1 heterocycles. The molecule has 0 bridgehead atoms. The number of nitrogens with one attached hydrogen (secondary N) is 1. The fraction of sp³-hybridized carbons (Fsp3) is 0.0909. The first-order valence-corrected chi connectivity index (χ1v) is 7.74. The lowest BCUT2D eigenvalue weighted by molar-refractivity contribution is 0.0687. The van der Waals surface area contributed by atoms with Crippen LogP contribution in [0.5, 0.6) is 5.75 Å². The van der Waals surface area contributed by atoms with E-state index < -0.39 is 31.7 Å². The Hall–Kier alpha value is -2.20. The van der Waals surface area contributed by atoms with Gasteiger partial charge in [-0.15, -0.1) is 11.3 Å². The summed E-state index contributed by atoms with van der Waals surface area (Å²) in [7, 11) is -2.89. The van der Waals surface area contributed by atoms with Gasteiger partial charge < -0.3 is 9.84 Å². The Labute approximate surface area is 123 Å². The molecule has 0 aliphatic heterocycles. The summed E-state index contributed by atoms with van der Waals surface area (Å²) in [5.74, 6) is -2.25. The zero-order valence-electron chi connectivity index (χ0n) is 10.5. The number of aromatic carboxylic acids is 1. The van der Waals surface area contributed by atoms with Gasteiger partial charge in [-0.3, -0.25) is 4.72 Å². The van der Waals surface area contributed by atoms with Crippen LogP contribution in [0.2, 0.25) is 0 Å². The number of halogens is 1. The molecule has 2 rings (SSSR count). The second kappa shape index (κ2) is 5.66. The molecule has 0 saturated heterocycles. The smallest absolute Gasteiger partial charge is 0.356 e. The van der Waals surface area contributed by atoms with Crippen LogP contribution in [-0.2, 0) is 10.0 Å². The molecule has 1 aromatic heterocycles. The van der Waals surface area contributed by atoms with Crippen LogP contribution >= 0.6 is 11.3 Å². The molecular formula is C11H9FN2O5S2. The topological polar surface area (TPSA) is 106 Å². The number of sulfonamides is 1. The van der Waals surface area contributed by atoms with Crippen LogP contribution in [0.1, 0.15) is 10.5 Å². The van der Waals surface area contributed by atoms with Crippen LogP contribution in [0.25, 0.3) is 0 Å².